The van der Waals surface area contributed by atoms with E-state index in [9.17, 15) is 9.59 Å². The lowest BCUT2D eigenvalue weighted by Crippen LogP contribution is -2.50. The predicted octanol–water partition coefficient (Wildman–Crippen LogP) is -1.78. The van der Waals surface area contributed by atoms with Crippen molar-refractivity contribution >= 4 is 12.8 Å². The molecular formula is C7H8N4O2S. The molecule has 1 N–H and O–H groups in total. The molecule has 6 nitrogen and oxygen atoms in total. The lowest BCUT2D eigenvalue weighted by atomic mass is 10.3. The van der Waals surface area contributed by atoms with Crippen LogP contribution in [0, 0.1) is 0 Å². The van der Waals surface area contributed by atoms with E-state index in [1.165, 1.54) is 0 Å². The predicted molar refractivity (Wildman–Crippen MR) is 52.1 cm³/mol. The van der Waals surface area contributed by atoms with Crippen molar-refractivity contribution in [1.82, 2.24) is 8.96 Å². The fourth-order valence-electron chi connectivity index (χ4n) is 1.26. The number of hydrogen-bond acceptors (Lipinski definition) is 5. The fourth-order valence-corrected chi connectivity index (χ4v) is 1.41. The van der Waals surface area contributed by atoms with Crippen LogP contribution in [0.3, 0.4) is 0 Å². The van der Waals surface area contributed by atoms with Crippen molar-refractivity contribution in [2.45, 2.75) is 19.5 Å². The van der Waals surface area contributed by atoms with Crippen molar-refractivity contribution < 1.29 is 0 Å². The molecule has 7 heteroatoms. The zero-order chi connectivity index (χ0) is 10.5. The summed E-state index contributed by atoms with van der Waals surface area (Å²) in [5.41, 5.74) is -1.60. The maximum Gasteiger partial charge on any atom is 0.340 e. The molecule has 0 saturated carbocycles. The highest BCUT2D eigenvalue weighted by Crippen LogP contribution is 2.08. The molecule has 14 heavy (non-hydrogen) atoms. The zero-order valence-corrected chi connectivity index (χ0v) is 8.50. The van der Waals surface area contributed by atoms with Crippen LogP contribution in [-0.2, 0) is 0 Å². The van der Waals surface area contributed by atoms with Gasteiger partial charge in [-0.15, -0.1) is 0 Å². The Kier molecular flexibility index (Phi) is 1.69. The van der Waals surface area contributed by atoms with Crippen LogP contribution in [0.2, 0.25) is 0 Å². The van der Waals surface area contributed by atoms with Crippen molar-refractivity contribution in [3.05, 3.63) is 31.7 Å². The fraction of sp³-hybridized carbons (Fsp3) is 0.429. The first kappa shape index (κ1) is 9.20. The monoisotopic (exact) mass is 212 g/mol. The molecular weight excluding hydrogens is 204 g/mol. The molecule has 74 valence electrons. The third-order valence-electron chi connectivity index (χ3n) is 1.81. The van der Waals surface area contributed by atoms with Crippen molar-refractivity contribution in [2.24, 2.45) is 9.98 Å². The van der Waals surface area contributed by atoms with E-state index in [4.69, 9.17) is 0 Å². The number of aromatic nitrogens is 2. The van der Waals surface area contributed by atoms with Gasteiger partial charge in [-0.3, -0.25) is 9.78 Å². The van der Waals surface area contributed by atoms with Gasteiger partial charge in [-0.2, -0.15) is 0 Å². The van der Waals surface area contributed by atoms with Gasteiger partial charge in [0.25, 0.3) is 5.56 Å². The normalized spacial score (nSPS) is 17.1. The summed E-state index contributed by atoms with van der Waals surface area (Å²) in [4.78, 5) is 33.2. The second-order valence-corrected chi connectivity index (χ2v) is 3.86. The second kappa shape index (κ2) is 2.57. The third kappa shape index (κ3) is 1.20. The first-order chi connectivity index (χ1) is 6.41. The Morgan fingerprint density at radius 2 is 2.00 bits per heavy atom. The van der Waals surface area contributed by atoms with Gasteiger partial charge in [0.05, 0.1) is 0 Å². The third-order valence-corrected chi connectivity index (χ3v) is 2.17. The molecule has 2 heterocycles. The largest absolute Gasteiger partial charge is 0.340 e. The van der Waals surface area contributed by atoms with E-state index in [0.717, 1.165) is 0 Å². The molecule has 1 aliphatic rings. The maximum atomic E-state index is 11.5. The van der Waals surface area contributed by atoms with Gasteiger partial charge in [0.1, 0.15) is 5.66 Å². The zero-order valence-electron chi connectivity index (χ0n) is 7.61. The van der Waals surface area contributed by atoms with Gasteiger partial charge >= 0.3 is 5.69 Å². The van der Waals surface area contributed by atoms with Crippen LogP contribution < -0.4 is 22.1 Å². The van der Waals surface area contributed by atoms with Gasteiger partial charge in [-0.1, -0.05) is 12.8 Å². The van der Waals surface area contributed by atoms with Crippen molar-refractivity contribution in [3.63, 3.8) is 0 Å². The standard InChI is InChI=1S/C7H8N4O2S/c1-7(2)9-3-4(10-7)8-6(13)11(14)5(3)12/h14H,1-2H3,(H,8,10,13). The molecule has 0 radical (unpaired) electrons. The summed E-state index contributed by atoms with van der Waals surface area (Å²) >= 11 is 3.73. The Balaban J connectivity index is 3.06. The van der Waals surface area contributed by atoms with Crippen molar-refractivity contribution in [1.29, 1.82) is 0 Å². The summed E-state index contributed by atoms with van der Waals surface area (Å²) in [7, 11) is 0. The van der Waals surface area contributed by atoms with Crippen LogP contribution in [0.5, 0.6) is 0 Å². The minimum absolute atomic E-state index is 0.157. The SMILES string of the molecule is CC1(C)N=c2[nH]c(=O)n(S)c(=O)c2=N1. The summed E-state index contributed by atoms with van der Waals surface area (Å²) in [6.07, 6.45) is 0. The lowest BCUT2D eigenvalue weighted by Gasteiger charge is -2.06. The van der Waals surface area contributed by atoms with E-state index in [1.807, 2.05) is 0 Å². The molecule has 0 unspecified atom stereocenters. The number of nitrogens with zero attached hydrogens (tertiary/aromatic N) is 3. The van der Waals surface area contributed by atoms with Gasteiger partial charge < -0.3 is 0 Å². The van der Waals surface area contributed by atoms with E-state index in [1.54, 1.807) is 13.8 Å². The molecule has 1 aliphatic heterocycles. The summed E-state index contributed by atoms with van der Waals surface area (Å²) in [5.74, 6) is 0. The molecule has 2 rings (SSSR count). The van der Waals surface area contributed by atoms with Gasteiger partial charge in [0.2, 0.25) is 0 Å². The molecule has 0 atom stereocenters. The first-order valence-corrected chi connectivity index (χ1v) is 4.35. The number of thiol groups is 1. The van der Waals surface area contributed by atoms with E-state index in [-0.39, 0.29) is 10.8 Å². The summed E-state index contributed by atoms with van der Waals surface area (Å²) in [5, 5.41) is 0.157. The number of fused-ring (bicyclic) bond motifs is 1. The maximum absolute atomic E-state index is 11.5. The van der Waals surface area contributed by atoms with Crippen molar-refractivity contribution in [2.75, 3.05) is 0 Å². The van der Waals surface area contributed by atoms with E-state index >= 15 is 0 Å². The molecule has 1 aromatic heterocycles. The van der Waals surface area contributed by atoms with E-state index in [2.05, 4.69) is 27.8 Å². The highest BCUT2D eigenvalue weighted by atomic mass is 32.1. The number of nitrogens with one attached hydrogen (secondary N) is 1. The van der Waals surface area contributed by atoms with E-state index in [0.29, 0.717) is 3.97 Å². The molecule has 0 aromatic carbocycles. The molecule has 0 saturated heterocycles. The van der Waals surface area contributed by atoms with Gasteiger partial charge in [-0.25, -0.2) is 18.8 Å². The highest BCUT2D eigenvalue weighted by molar-refractivity contribution is 7.78. The Morgan fingerprint density at radius 3 is 2.64 bits per heavy atom. The lowest BCUT2D eigenvalue weighted by molar-refractivity contribution is 0.546. The molecule has 0 aliphatic carbocycles. The Bertz CT molecular complexity index is 625. The Labute approximate surface area is 83.6 Å². The van der Waals surface area contributed by atoms with Crippen LogP contribution in [0.4, 0.5) is 0 Å². The van der Waals surface area contributed by atoms with Crippen molar-refractivity contribution in [3.8, 4) is 0 Å². The highest BCUT2D eigenvalue weighted by Gasteiger charge is 2.21. The summed E-state index contributed by atoms with van der Waals surface area (Å²) in [6, 6.07) is 0. The average molecular weight is 212 g/mol. The minimum Gasteiger partial charge on any atom is -0.289 e. The molecule has 0 bridgehead atoms. The first-order valence-electron chi connectivity index (χ1n) is 3.95. The second-order valence-electron chi connectivity index (χ2n) is 3.46. The summed E-state index contributed by atoms with van der Waals surface area (Å²) in [6.45, 7) is 3.49. The molecule has 0 spiro atoms. The van der Waals surface area contributed by atoms with Crippen LogP contribution in [0.15, 0.2) is 19.6 Å². The van der Waals surface area contributed by atoms with Gasteiger partial charge in [0, 0.05) is 0 Å². The van der Waals surface area contributed by atoms with Crippen LogP contribution in [-0.4, -0.2) is 14.6 Å². The Morgan fingerprint density at radius 1 is 1.36 bits per heavy atom. The Hall–Kier alpha value is -1.37. The minimum atomic E-state index is -0.688. The number of H-pyrrole nitrogens is 1. The van der Waals surface area contributed by atoms with Gasteiger partial charge in [0.15, 0.2) is 10.8 Å². The molecule has 1 aromatic rings. The molecule has 0 fully saturated rings. The molecule has 0 amide bonds. The number of rotatable bonds is 0. The number of hydrogen-bond donors (Lipinski definition) is 2. The van der Waals surface area contributed by atoms with Crippen LogP contribution >= 0.6 is 12.8 Å². The average Bonchev–Trinajstić information content (AvgIpc) is 2.37. The van der Waals surface area contributed by atoms with Crippen LogP contribution in [0.1, 0.15) is 13.8 Å². The summed E-state index contributed by atoms with van der Waals surface area (Å²) < 4.78 is 0.680. The van der Waals surface area contributed by atoms with Gasteiger partial charge in [-0.05, 0) is 13.8 Å². The van der Waals surface area contributed by atoms with Crippen LogP contribution in [0.25, 0.3) is 0 Å². The van der Waals surface area contributed by atoms with E-state index < -0.39 is 16.9 Å². The smallest absolute Gasteiger partial charge is 0.289 e. The number of aromatic amines is 1. The quantitative estimate of drug-likeness (QED) is 0.498. The topological polar surface area (TPSA) is 79.6 Å².